The molecule has 32 heavy (non-hydrogen) atoms. The van der Waals surface area contributed by atoms with Crippen LogP contribution < -0.4 is 9.47 Å². The molecule has 0 N–H and O–H groups in total. The van der Waals surface area contributed by atoms with Crippen molar-refractivity contribution in [3.8, 4) is 22.6 Å². The summed E-state index contributed by atoms with van der Waals surface area (Å²) in [5.74, 6) is -1.39. The third-order valence-electron chi connectivity index (χ3n) is 4.37. The normalized spacial score (nSPS) is 10.4. The molecule has 0 saturated carbocycles. The van der Waals surface area contributed by atoms with E-state index in [2.05, 4.69) is 13.2 Å². The second-order valence-electron chi connectivity index (χ2n) is 7.15. The minimum absolute atomic E-state index is 0.139. The molecule has 0 aliphatic carbocycles. The van der Waals surface area contributed by atoms with Crippen molar-refractivity contribution in [3.05, 3.63) is 72.1 Å². The van der Waals surface area contributed by atoms with Crippen molar-refractivity contribution in [2.75, 3.05) is 26.9 Å². The van der Waals surface area contributed by atoms with Gasteiger partial charge in [-0.15, -0.1) is 0 Å². The smallest absolute Gasteiger partial charge is 0.338 e. The Morgan fingerprint density at radius 2 is 1.50 bits per heavy atom. The van der Waals surface area contributed by atoms with Crippen LogP contribution in [0.5, 0.6) is 11.5 Å². The molecule has 0 amide bonds. The van der Waals surface area contributed by atoms with Crippen LogP contribution in [0, 0.1) is 5.82 Å². The number of hydrogen-bond acceptors (Lipinski definition) is 6. The number of hydrogen-bond donors (Lipinski definition) is 0. The van der Waals surface area contributed by atoms with Crippen molar-refractivity contribution < 1.29 is 32.9 Å². The average Bonchev–Trinajstić information content (AvgIpc) is 2.75. The zero-order valence-electron chi connectivity index (χ0n) is 18.5. The Bertz CT molecular complexity index is 1010. The monoisotopic (exact) mass is 442 g/mol. The molecule has 0 fully saturated rings. The Balaban J connectivity index is 2.26. The van der Waals surface area contributed by atoms with Gasteiger partial charge in [-0.1, -0.05) is 25.3 Å². The van der Waals surface area contributed by atoms with Gasteiger partial charge in [-0.2, -0.15) is 0 Å². The maximum Gasteiger partial charge on any atom is 0.338 e. The fourth-order valence-electron chi connectivity index (χ4n) is 2.66. The van der Waals surface area contributed by atoms with E-state index >= 15 is 0 Å². The van der Waals surface area contributed by atoms with Gasteiger partial charge >= 0.3 is 11.9 Å². The highest BCUT2D eigenvalue weighted by Gasteiger charge is 2.13. The molecule has 0 heterocycles. The highest BCUT2D eigenvalue weighted by Crippen LogP contribution is 2.30. The van der Waals surface area contributed by atoms with E-state index in [4.69, 9.17) is 18.9 Å². The molecule has 170 valence electrons. The van der Waals surface area contributed by atoms with Gasteiger partial charge in [-0.3, -0.25) is 0 Å². The predicted molar refractivity (Wildman–Crippen MR) is 119 cm³/mol. The first-order valence-electron chi connectivity index (χ1n) is 9.97. The van der Waals surface area contributed by atoms with Gasteiger partial charge < -0.3 is 18.9 Å². The average molecular weight is 442 g/mol. The zero-order chi connectivity index (χ0) is 23.7. The molecular formula is C25H27FO6. The van der Waals surface area contributed by atoms with Gasteiger partial charge in [-0.05, 0) is 54.8 Å². The topological polar surface area (TPSA) is 71.1 Å². The fourth-order valence-corrected chi connectivity index (χ4v) is 2.66. The lowest BCUT2D eigenvalue weighted by molar-refractivity contribution is -0.138. The summed E-state index contributed by atoms with van der Waals surface area (Å²) < 4.78 is 35.5. The molecule has 0 aliphatic rings. The summed E-state index contributed by atoms with van der Waals surface area (Å²) in [6.45, 7) is 11.0. The predicted octanol–water partition coefficient (Wildman–Crippen LogP) is 4.66. The van der Waals surface area contributed by atoms with Crippen LogP contribution in [0.3, 0.4) is 0 Å². The third kappa shape index (κ3) is 7.06. The molecule has 2 rings (SSSR count). The first kappa shape index (κ1) is 24.8. The largest absolute Gasteiger partial charge is 0.491 e. The van der Waals surface area contributed by atoms with E-state index < -0.39 is 17.8 Å². The van der Waals surface area contributed by atoms with Gasteiger partial charge in [0.25, 0.3) is 0 Å². The minimum Gasteiger partial charge on any atom is -0.491 e. The number of rotatable bonds is 11. The zero-order valence-corrected chi connectivity index (χ0v) is 18.5. The molecule has 0 spiro atoms. The molecular weight excluding hydrogens is 415 g/mol. The van der Waals surface area contributed by atoms with Crippen molar-refractivity contribution in [3.63, 3.8) is 0 Å². The van der Waals surface area contributed by atoms with Gasteiger partial charge in [0.05, 0.1) is 13.2 Å². The Morgan fingerprint density at radius 3 is 2.09 bits per heavy atom. The van der Waals surface area contributed by atoms with Crippen LogP contribution >= 0.6 is 0 Å². The molecule has 0 aromatic heterocycles. The fraction of sp³-hybridized carbons (Fsp3) is 0.280. The second-order valence-corrected chi connectivity index (χ2v) is 7.15. The van der Waals surface area contributed by atoms with E-state index in [-0.39, 0.29) is 17.9 Å². The summed E-state index contributed by atoms with van der Waals surface area (Å²) in [4.78, 5) is 23.3. The van der Waals surface area contributed by atoms with Crippen LogP contribution in [-0.4, -0.2) is 38.9 Å². The number of ether oxygens (including phenoxy) is 4. The molecule has 0 radical (unpaired) electrons. The van der Waals surface area contributed by atoms with Crippen molar-refractivity contribution >= 4 is 11.9 Å². The summed E-state index contributed by atoms with van der Waals surface area (Å²) in [5.41, 5.74) is 2.59. The molecule has 7 heteroatoms. The molecule has 6 nitrogen and oxygen atoms in total. The van der Waals surface area contributed by atoms with Gasteiger partial charge in [0, 0.05) is 24.7 Å². The maximum absolute atomic E-state index is 14.5. The lowest BCUT2D eigenvalue weighted by Gasteiger charge is -2.14. The van der Waals surface area contributed by atoms with Crippen LogP contribution in [0.25, 0.3) is 11.1 Å². The van der Waals surface area contributed by atoms with Gasteiger partial charge in [0.1, 0.15) is 12.4 Å². The number of benzene rings is 2. The van der Waals surface area contributed by atoms with Crippen LogP contribution in [0.1, 0.15) is 19.4 Å². The van der Waals surface area contributed by atoms with Crippen molar-refractivity contribution in [2.45, 2.75) is 20.3 Å². The Kier molecular flexibility index (Phi) is 9.16. The van der Waals surface area contributed by atoms with Crippen LogP contribution in [0.15, 0.2) is 60.7 Å². The molecule has 0 unspecified atom stereocenters. The number of carbonyl (C=O) groups is 2. The van der Waals surface area contributed by atoms with Gasteiger partial charge in [0.15, 0.2) is 11.6 Å². The number of halogens is 1. The van der Waals surface area contributed by atoms with E-state index in [1.165, 1.54) is 19.1 Å². The molecule has 2 aromatic rings. The summed E-state index contributed by atoms with van der Waals surface area (Å²) in [6.07, 6.45) is 0.395. The summed E-state index contributed by atoms with van der Waals surface area (Å²) in [5, 5.41) is 0. The molecule has 2 aromatic carbocycles. The minimum atomic E-state index is -0.694. The highest BCUT2D eigenvalue weighted by atomic mass is 19.1. The van der Waals surface area contributed by atoms with Crippen molar-refractivity contribution in [1.29, 1.82) is 0 Å². The molecule has 0 saturated heterocycles. The van der Waals surface area contributed by atoms with Crippen LogP contribution in [0.4, 0.5) is 4.39 Å². The SMILES string of the molecule is C=C(C)C(=O)OCCc1cc(-c2ccc(OC(=O)C(=C)C)c(F)c2)ccc1OCCOC. The summed E-state index contributed by atoms with van der Waals surface area (Å²) in [7, 11) is 1.58. The second kappa shape index (κ2) is 11.8. The van der Waals surface area contributed by atoms with Gasteiger partial charge in [-0.25, -0.2) is 14.0 Å². The van der Waals surface area contributed by atoms with Crippen molar-refractivity contribution in [1.82, 2.24) is 0 Å². The van der Waals surface area contributed by atoms with E-state index in [9.17, 15) is 14.0 Å². The van der Waals surface area contributed by atoms with E-state index in [1.54, 1.807) is 32.2 Å². The van der Waals surface area contributed by atoms with E-state index in [0.717, 1.165) is 11.1 Å². The quantitative estimate of drug-likeness (QED) is 0.218. The standard InChI is InChI=1S/C25H27FO6/c1-16(2)24(27)31-11-10-20-14-18(6-8-22(20)30-13-12-29-5)19-7-9-23(21(26)15-19)32-25(28)17(3)4/h6-9,14-15H,1,3,10-13H2,2,4-5H3. The number of methoxy groups -OCH3 is 1. The lowest BCUT2D eigenvalue weighted by Crippen LogP contribution is -2.10. The third-order valence-corrected chi connectivity index (χ3v) is 4.37. The first-order chi connectivity index (χ1) is 15.2. The Labute approximate surface area is 187 Å². The Morgan fingerprint density at radius 1 is 0.875 bits per heavy atom. The lowest BCUT2D eigenvalue weighted by atomic mass is 10.0. The summed E-state index contributed by atoms with van der Waals surface area (Å²) >= 11 is 0. The van der Waals surface area contributed by atoms with Crippen molar-refractivity contribution in [2.24, 2.45) is 0 Å². The van der Waals surface area contributed by atoms with Crippen LogP contribution in [-0.2, 0) is 25.5 Å². The number of esters is 2. The summed E-state index contributed by atoms with van der Waals surface area (Å²) in [6, 6.07) is 9.73. The van der Waals surface area contributed by atoms with Gasteiger partial charge in [0.2, 0.25) is 0 Å². The van der Waals surface area contributed by atoms with E-state index in [0.29, 0.717) is 36.5 Å². The maximum atomic E-state index is 14.5. The Hall–Kier alpha value is -3.45. The molecule has 0 atom stereocenters. The van der Waals surface area contributed by atoms with E-state index in [1.807, 2.05) is 6.07 Å². The molecule has 0 aliphatic heterocycles. The number of carbonyl (C=O) groups excluding carboxylic acids is 2. The van der Waals surface area contributed by atoms with Crippen LogP contribution in [0.2, 0.25) is 0 Å². The molecule has 0 bridgehead atoms. The highest BCUT2D eigenvalue weighted by molar-refractivity contribution is 5.89. The first-order valence-corrected chi connectivity index (χ1v) is 9.97.